The molecule has 0 amide bonds. The van der Waals surface area contributed by atoms with Crippen LogP contribution in [0.1, 0.15) is 11.3 Å². The van der Waals surface area contributed by atoms with Crippen molar-refractivity contribution in [1.29, 1.82) is 0 Å². The summed E-state index contributed by atoms with van der Waals surface area (Å²) in [5.41, 5.74) is 2.97. The number of phenols is 1. The van der Waals surface area contributed by atoms with Crippen LogP contribution >= 0.6 is 0 Å². The maximum absolute atomic E-state index is 9.62. The van der Waals surface area contributed by atoms with Crippen LogP contribution in [0.15, 0.2) is 24.4 Å². The van der Waals surface area contributed by atoms with Gasteiger partial charge in [-0.05, 0) is 19.1 Å². The van der Waals surface area contributed by atoms with Crippen LogP contribution in [0.4, 0.5) is 5.69 Å². The van der Waals surface area contributed by atoms with E-state index in [-0.39, 0.29) is 5.75 Å². The molecule has 3 N–H and O–H groups in total. The smallest absolute Gasteiger partial charge is 0.160 e. The minimum atomic E-state index is 0.126. The highest BCUT2D eigenvalue weighted by molar-refractivity contribution is 5.54. The molecule has 17 heavy (non-hydrogen) atoms. The predicted molar refractivity (Wildman–Crippen MR) is 65.3 cm³/mol. The standard InChI is InChI=1S/C12H15N3O2/c1-8-9(7-14-15-8)6-13-10-3-4-12(17-2)11(16)5-10/h3-5,7,13,16H,6H2,1-2H3,(H,14,15). The van der Waals surface area contributed by atoms with Gasteiger partial charge in [0.2, 0.25) is 0 Å². The molecule has 2 aromatic rings. The lowest BCUT2D eigenvalue weighted by Crippen LogP contribution is -1.99. The maximum Gasteiger partial charge on any atom is 0.160 e. The largest absolute Gasteiger partial charge is 0.504 e. The lowest BCUT2D eigenvalue weighted by Gasteiger charge is -2.08. The van der Waals surface area contributed by atoms with E-state index in [1.54, 1.807) is 18.3 Å². The van der Waals surface area contributed by atoms with Gasteiger partial charge in [0.25, 0.3) is 0 Å². The molecular weight excluding hydrogens is 218 g/mol. The first-order valence-electron chi connectivity index (χ1n) is 5.30. The van der Waals surface area contributed by atoms with Gasteiger partial charge in [0, 0.05) is 29.6 Å². The van der Waals surface area contributed by atoms with Crippen molar-refractivity contribution in [1.82, 2.24) is 10.2 Å². The third kappa shape index (κ3) is 2.50. The molecule has 0 fully saturated rings. The molecule has 2 rings (SSSR count). The number of aromatic hydroxyl groups is 1. The number of H-pyrrole nitrogens is 1. The van der Waals surface area contributed by atoms with E-state index in [1.165, 1.54) is 7.11 Å². The van der Waals surface area contributed by atoms with Gasteiger partial charge < -0.3 is 15.2 Å². The fraction of sp³-hybridized carbons (Fsp3) is 0.250. The van der Waals surface area contributed by atoms with Crippen LogP contribution < -0.4 is 10.1 Å². The van der Waals surface area contributed by atoms with Gasteiger partial charge >= 0.3 is 0 Å². The Kier molecular flexibility index (Phi) is 3.18. The number of hydrogen-bond acceptors (Lipinski definition) is 4. The SMILES string of the molecule is COc1ccc(NCc2cn[nH]c2C)cc1O. The zero-order valence-corrected chi connectivity index (χ0v) is 9.82. The summed E-state index contributed by atoms with van der Waals surface area (Å²) in [5.74, 6) is 0.594. The molecule has 1 heterocycles. The molecule has 0 saturated carbocycles. The minimum absolute atomic E-state index is 0.126. The molecule has 0 unspecified atom stereocenters. The number of ether oxygens (including phenoxy) is 1. The van der Waals surface area contributed by atoms with E-state index in [0.29, 0.717) is 12.3 Å². The van der Waals surface area contributed by atoms with Gasteiger partial charge in [0.05, 0.1) is 13.3 Å². The molecule has 0 atom stereocenters. The molecule has 0 aliphatic rings. The monoisotopic (exact) mass is 233 g/mol. The van der Waals surface area contributed by atoms with Gasteiger partial charge in [0.1, 0.15) is 0 Å². The second-order valence-corrected chi connectivity index (χ2v) is 3.76. The molecular formula is C12H15N3O2. The lowest BCUT2D eigenvalue weighted by atomic mass is 10.2. The number of benzene rings is 1. The highest BCUT2D eigenvalue weighted by Gasteiger charge is 2.03. The summed E-state index contributed by atoms with van der Waals surface area (Å²) in [7, 11) is 1.52. The molecule has 0 saturated heterocycles. The number of anilines is 1. The van der Waals surface area contributed by atoms with Gasteiger partial charge in [0.15, 0.2) is 11.5 Å². The number of hydrogen-bond donors (Lipinski definition) is 3. The molecule has 0 aliphatic carbocycles. The fourth-order valence-corrected chi connectivity index (χ4v) is 1.55. The van der Waals surface area contributed by atoms with Gasteiger partial charge in [-0.25, -0.2) is 0 Å². The first kappa shape index (κ1) is 11.3. The van der Waals surface area contributed by atoms with E-state index in [1.807, 2.05) is 13.0 Å². The van der Waals surface area contributed by atoms with Crippen molar-refractivity contribution in [2.45, 2.75) is 13.5 Å². The Balaban J connectivity index is 2.05. The van der Waals surface area contributed by atoms with E-state index in [4.69, 9.17) is 4.74 Å². The summed E-state index contributed by atoms with van der Waals surface area (Å²) in [6.45, 7) is 2.63. The van der Waals surface area contributed by atoms with E-state index in [0.717, 1.165) is 16.9 Å². The first-order valence-corrected chi connectivity index (χ1v) is 5.30. The number of aromatic nitrogens is 2. The van der Waals surface area contributed by atoms with Crippen LogP contribution in [0.5, 0.6) is 11.5 Å². The summed E-state index contributed by atoms with van der Waals surface area (Å²) < 4.78 is 4.98. The van der Waals surface area contributed by atoms with Gasteiger partial charge in [-0.15, -0.1) is 0 Å². The summed E-state index contributed by atoms with van der Waals surface area (Å²) in [6.07, 6.45) is 1.78. The Morgan fingerprint density at radius 3 is 2.88 bits per heavy atom. The van der Waals surface area contributed by atoms with Crippen LogP contribution in [-0.2, 0) is 6.54 Å². The van der Waals surface area contributed by atoms with Crippen molar-refractivity contribution >= 4 is 5.69 Å². The molecule has 0 aliphatic heterocycles. The topological polar surface area (TPSA) is 70.2 Å². The third-order valence-electron chi connectivity index (χ3n) is 2.60. The van der Waals surface area contributed by atoms with Crippen molar-refractivity contribution < 1.29 is 9.84 Å². The van der Waals surface area contributed by atoms with Crippen LogP contribution in [0.3, 0.4) is 0 Å². The van der Waals surface area contributed by atoms with Gasteiger partial charge in [-0.2, -0.15) is 5.10 Å². The summed E-state index contributed by atoms with van der Waals surface area (Å²) in [5, 5.41) is 19.6. The summed E-state index contributed by atoms with van der Waals surface area (Å²) in [6, 6.07) is 5.21. The second-order valence-electron chi connectivity index (χ2n) is 3.76. The molecule has 0 bridgehead atoms. The number of nitrogens with one attached hydrogen (secondary N) is 2. The van der Waals surface area contributed by atoms with Crippen molar-refractivity contribution in [3.63, 3.8) is 0 Å². The molecule has 1 aromatic heterocycles. The Morgan fingerprint density at radius 2 is 2.29 bits per heavy atom. The highest BCUT2D eigenvalue weighted by atomic mass is 16.5. The van der Waals surface area contributed by atoms with Crippen LogP contribution in [0.2, 0.25) is 0 Å². The number of aromatic amines is 1. The van der Waals surface area contributed by atoms with E-state index < -0.39 is 0 Å². The number of nitrogens with zero attached hydrogens (tertiary/aromatic N) is 1. The highest BCUT2D eigenvalue weighted by Crippen LogP contribution is 2.28. The van der Waals surface area contributed by atoms with Crippen molar-refractivity contribution in [3.05, 3.63) is 35.7 Å². The first-order chi connectivity index (χ1) is 8.20. The zero-order valence-electron chi connectivity index (χ0n) is 9.82. The van der Waals surface area contributed by atoms with Gasteiger partial charge in [-0.1, -0.05) is 0 Å². The number of rotatable bonds is 4. The Bertz CT molecular complexity index is 508. The van der Waals surface area contributed by atoms with Crippen molar-refractivity contribution in [2.75, 3.05) is 12.4 Å². The minimum Gasteiger partial charge on any atom is -0.504 e. The molecule has 5 nitrogen and oxygen atoms in total. The quantitative estimate of drug-likeness (QED) is 0.755. The van der Waals surface area contributed by atoms with Crippen molar-refractivity contribution in [2.24, 2.45) is 0 Å². The molecule has 0 radical (unpaired) electrons. The van der Waals surface area contributed by atoms with Crippen molar-refractivity contribution in [3.8, 4) is 11.5 Å². The molecule has 1 aromatic carbocycles. The van der Waals surface area contributed by atoms with Crippen LogP contribution in [-0.4, -0.2) is 22.4 Å². The fourth-order valence-electron chi connectivity index (χ4n) is 1.55. The maximum atomic E-state index is 9.62. The summed E-state index contributed by atoms with van der Waals surface area (Å²) in [4.78, 5) is 0. The number of phenolic OH excluding ortho intramolecular Hbond substituents is 1. The zero-order chi connectivity index (χ0) is 12.3. The molecule has 0 spiro atoms. The van der Waals surface area contributed by atoms with Gasteiger partial charge in [-0.3, -0.25) is 5.10 Å². The lowest BCUT2D eigenvalue weighted by molar-refractivity contribution is 0.373. The van der Waals surface area contributed by atoms with E-state index >= 15 is 0 Å². The third-order valence-corrected chi connectivity index (χ3v) is 2.60. The number of methoxy groups -OCH3 is 1. The number of aryl methyl sites for hydroxylation is 1. The normalized spacial score (nSPS) is 10.2. The average Bonchev–Trinajstić information content (AvgIpc) is 2.72. The Labute approximate surface area is 99.4 Å². The van der Waals surface area contributed by atoms with E-state index in [9.17, 15) is 5.11 Å². The molecule has 5 heteroatoms. The van der Waals surface area contributed by atoms with Crippen LogP contribution in [0, 0.1) is 6.92 Å². The second kappa shape index (κ2) is 4.78. The van der Waals surface area contributed by atoms with Crippen LogP contribution in [0.25, 0.3) is 0 Å². The van der Waals surface area contributed by atoms with E-state index in [2.05, 4.69) is 15.5 Å². The Morgan fingerprint density at radius 1 is 1.47 bits per heavy atom. The predicted octanol–water partition coefficient (Wildman–Crippen LogP) is 2.04. The average molecular weight is 233 g/mol. The molecule has 90 valence electrons. The summed E-state index contributed by atoms with van der Waals surface area (Å²) >= 11 is 0. The Hall–Kier alpha value is -2.17.